The first-order valence-electron chi connectivity index (χ1n) is 5.46. The van der Waals surface area contributed by atoms with Gasteiger partial charge < -0.3 is 15.8 Å². The molecule has 0 aliphatic carbocycles. The Balaban J connectivity index is 2.10. The van der Waals surface area contributed by atoms with Crippen molar-refractivity contribution in [2.24, 2.45) is 5.73 Å². The number of thiophene rings is 1. The van der Waals surface area contributed by atoms with Gasteiger partial charge in [0, 0.05) is 23.8 Å². The first-order valence-corrected chi connectivity index (χ1v) is 6.34. The van der Waals surface area contributed by atoms with E-state index in [9.17, 15) is 0 Å². The van der Waals surface area contributed by atoms with E-state index in [1.165, 1.54) is 4.88 Å². The monoisotopic (exact) mass is 239 g/mol. The maximum atomic E-state index is 7.72. The molecule has 0 bridgehead atoms. The molecule has 0 radical (unpaired) electrons. The second-order valence-electron chi connectivity index (χ2n) is 3.91. The van der Waals surface area contributed by atoms with Crippen molar-refractivity contribution in [3.05, 3.63) is 22.4 Å². The van der Waals surface area contributed by atoms with Gasteiger partial charge >= 0.3 is 0 Å². The van der Waals surface area contributed by atoms with Crippen molar-refractivity contribution in [2.75, 3.05) is 19.8 Å². The van der Waals surface area contributed by atoms with Gasteiger partial charge in [-0.2, -0.15) is 0 Å². The molecule has 2 rings (SSSR count). The zero-order chi connectivity index (χ0) is 11.4. The lowest BCUT2D eigenvalue weighted by molar-refractivity contribution is 0.125. The summed E-state index contributed by atoms with van der Waals surface area (Å²) in [6.07, 6.45) is 0.665. The van der Waals surface area contributed by atoms with Crippen molar-refractivity contribution in [1.82, 2.24) is 5.32 Å². The highest BCUT2D eigenvalue weighted by atomic mass is 32.1. The highest BCUT2D eigenvalue weighted by Gasteiger charge is 2.25. The third-order valence-electron chi connectivity index (χ3n) is 2.80. The molecule has 88 valence electrons. The van der Waals surface area contributed by atoms with Crippen LogP contribution in [0.3, 0.4) is 0 Å². The molecule has 2 heterocycles. The summed E-state index contributed by atoms with van der Waals surface area (Å²) >= 11 is 1.71. The fraction of sp³-hybridized carbons (Fsp3) is 0.545. The summed E-state index contributed by atoms with van der Waals surface area (Å²) in [6, 6.07) is 4.25. The zero-order valence-electron chi connectivity index (χ0n) is 9.11. The fourth-order valence-corrected chi connectivity index (χ4v) is 2.83. The van der Waals surface area contributed by atoms with E-state index in [1.54, 1.807) is 11.3 Å². The summed E-state index contributed by atoms with van der Waals surface area (Å²) in [5, 5.41) is 13.0. The van der Waals surface area contributed by atoms with E-state index in [4.69, 9.17) is 15.9 Å². The van der Waals surface area contributed by atoms with Crippen LogP contribution in [0.4, 0.5) is 0 Å². The van der Waals surface area contributed by atoms with Crippen LogP contribution < -0.4 is 11.1 Å². The Morgan fingerprint density at radius 2 is 2.56 bits per heavy atom. The van der Waals surface area contributed by atoms with E-state index in [0.717, 1.165) is 0 Å². The average molecular weight is 239 g/mol. The van der Waals surface area contributed by atoms with Crippen LogP contribution in [0.15, 0.2) is 17.5 Å². The Labute approximate surface area is 99.3 Å². The van der Waals surface area contributed by atoms with Gasteiger partial charge in [-0.1, -0.05) is 6.07 Å². The van der Waals surface area contributed by atoms with Gasteiger partial charge in [0.2, 0.25) is 0 Å². The van der Waals surface area contributed by atoms with Crippen molar-refractivity contribution in [3.8, 4) is 0 Å². The first kappa shape index (κ1) is 11.6. The van der Waals surface area contributed by atoms with Gasteiger partial charge in [-0.15, -0.1) is 11.3 Å². The van der Waals surface area contributed by atoms with Crippen molar-refractivity contribution < 1.29 is 4.74 Å². The molecule has 1 fully saturated rings. The summed E-state index contributed by atoms with van der Waals surface area (Å²) < 4.78 is 5.50. The number of nitrogens with one attached hydrogen (secondary N) is 2. The number of hydrogen-bond acceptors (Lipinski definition) is 4. The van der Waals surface area contributed by atoms with Crippen molar-refractivity contribution >= 4 is 17.2 Å². The van der Waals surface area contributed by atoms with Crippen molar-refractivity contribution in [2.45, 2.75) is 18.4 Å². The van der Waals surface area contributed by atoms with Crippen LogP contribution in [0.25, 0.3) is 0 Å². The molecule has 1 aliphatic rings. The SMILES string of the molecule is N=C1CCOCC(C(CN)c2cccs2)N1. The molecule has 4 nitrogen and oxygen atoms in total. The highest BCUT2D eigenvalue weighted by Crippen LogP contribution is 2.24. The van der Waals surface area contributed by atoms with Crippen LogP contribution >= 0.6 is 11.3 Å². The smallest absolute Gasteiger partial charge is 0.0957 e. The van der Waals surface area contributed by atoms with Gasteiger partial charge in [0.25, 0.3) is 0 Å². The van der Waals surface area contributed by atoms with Gasteiger partial charge in [0.15, 0.2) is 0 Å². The molecule has 1 saturated heterocycles. The molecule has 4 N–H and O–H groups in total. The number of ether oxygens (including phenoxy) is 1. The van der Waals surface area contributed by atoms with Crippen molar-refractivity contribution in [1.29, 1.82) is 5.41 Å². The maximum absolute atomic E-state index is 7.72. The molecule has 0 amide bonds. The highest BCUT2D eigenvalue weighted by molar-refractivity contribution is 7.10. The molecule has 16 heavy (non-hydrogen) atoms. The Morgan fingerprint density at radius 1 is 1.69 bits per heavy atom. The second kappa shape index (κ2) is 5.43. The summed E-state index contributed by atoms with van der Waals surface area (Å²) in [6.45, 7) is 1.83. The average Bonchev–Trinajstić information content (AvgIpc) is 2.70. The summed E-state index contributed by atoms with van der Waals surface area (Å²) in [7, 11) is 0. The second-order valence-corrected chi connectivity index (χ2v) is 4.89. The van der Waals surface area contributed by atoms with E-state index in [0.29, 0.717) is 32.0 Å². The van der Waals surface area contributed by atoms with Crippen LogP contribution in [0.2, 0.25) is 0 Å². The van der Waals surface area contributed by atoms with Crippen molar-refractivity contribution in [3.63, 3.8) is 0 Å². The molecular formula is C11H17N3OS. The molecule has 2 atom stereocenters. The number of rotatable bonds is 3. The molecule has 2 unspecified atom stereocenters. The van der Waals surface area contributed by atoms with Gasteiger partial charge in [0.05, 0.1) is 25.1 Å². The largest absolute Gasteiger partial charge is 0.379 e. The first-order chi connectivity index (χ1) is 7.81. The lowest BCUT2D eigenvalue weighted by atomic mass is 9.98. The predicted molar refractivity (Wildman–Crippen MR) is 66.2 cm³/mol. The van der Waals surface area contributed by atoms with Crippen LogP contribution in [0.1, 0.15) is 17.2 Å². The minimum atomic E-state index is 0.124. The van der Waals surface area contributed by atoms with Gasteiger partial charge in [0.1, 0.15) is 0 Å². The minimum absolute atomic E-state index is 0.124. The molecule has 1 aromatic rings. The molecule has 0 aromatic carbocycles. The fourth-order valence-electron chi connectivity index (χ4n) is 1.92. The Morgan fingerprint density at radius 3 is 3.25 bits per heavy atom. The normalized spacial score (nSPS) is 23.6. The van der Waals surface area contributed by atoms with E-state index < -0.39 is 0 Å². The van der Waals surface area contributed by atoms with Crippen LogP contribution in [0.5, 0.6) is 0 Å². The van der Waals surface area contributed by atoms with E-state index in [-0.39, 0.29) is 12.0 Å². The van der Waals surface area contributed by atoms with E-state index in [1.807, 2.05) is 6.07 Å². The third kappa shape index (κ3) is 2.61. The van der Waals surface area contributed by atoms with Gasteiger partial charge in [-0.25, -0.2) is 0 Å². The third-order valence-corrected chi connectivity index (χ3v) is 3.81. The molecule has 1 aromatic heterocycles. The summed E-state index contributed by atoms with van der Waals surface area (Å²) in [5.41, 5.74) is 5.83. The Hall–Kier alpha value is -0.910. The quantitative estimate of drug-likeness (QED) is 0.741. The lowest BCUT2D eigenvalue weighted by Gasteiger charge is -2.24. The standard InChI is InChI=1S/C11H17N3OS/c12-6-8(10-2-1-5-16-10)9-7-15-4-3-11(13)14-9/h1-2,5,8-9H,3-4,6-7,12H2,(H2,13,14). The molecule has 5 heteroatoms. The Bertz CT molecular complexity index is 339. The van der Waals surface area contributed by atoms with E-state index in [2.05, 4.69) is 16.8 Å². The van der Waals surface area contributed by atoms with Crippen LogP contribution in [-0.4, -0.2) is 31.6 Å². The molecule has 0 spiro atoms. The van der Waals surface area contributed by atoms with Crippen LogP contribution in [0, 0.1) is 5.41 Å². The maximum Gasteiger partial charge on any atom is 0.0957 e. The Kier molecular flexibility index (Phi) is 3.93. The number of amidine groups is 1. The van der Waals surface area contributed by atoms with Gasteiger partial charge in [-0.05, 0) is 11.4 Å². The van der Waals surface area contributed by atoms with Crippen LogP contribution in [-0.2, 0) is 4.74 Å². The molecule has 0 saturated carbocycles. The number of hydrogen-bond donors (Lipinski definition) is 3. The summed E-state index contributed by atoms with van der Waals surface area (Å²) in [5.74, 6) is 0.788. The van der Waals surface area contributed by atoms with Gasteiger partial charge in [-0.3, -0.25) is 5.41 Å². The topological polar surface area (TPSA) is 71.1 Å². The molecule has 1 aliphatic heterocycles. The van der Waals surface area contributed by atoms with E-state index >= 15 is 0 Å². The molecular weight excluding hydrogens is 222 g/mol. The summed E-state index contributed by atoms with van der Waals surface area (Å²) in [4.78, 5) is 1.26. The minimum Gasteiger partial charge on any atom is -0.379 e. The predicted octanol–water partition coefficient (Wildman–Crippen LogP) is 1.15. The lowest BCUT2D eigenvalue weighted by Crippen LogP contribution is -2.42. The number of nitrogens with two attached hydrogens (primary N) is 1. The zero-order valence-corrected chi connectivity index (χ0v) is 9.93.